The van der Waals surface area contributed by atoms with Gasteiger partial charge in [0.25, 0.3) is 0 Å². The van der Waals surface area contributed by atoms with Crippen molar-refractivity contribution in [3.05, 3.63) is 12.3 Å². The molecule has 2 heterocycles. The van der Waals surface area contributed by atoms with Crippen LogP contribution in [0.4, 0.5) is 5.82 Å². The summed E-state index contributed by atoms with van der Waals surface area (Å²) in [6.45, 7) is 12.1. The van der Waals surface area contributed by atoms with Crippen LogP contribution in [0.5, 0.6) is 0 Å². The van der Waals surface area contributed by atoms with Gasteiger partial charge in [0.15, 0.2) is 0 Å². The van der Waals surface area contributed by atoms with Gasteiger partial charge in [-0.3, -0.25) is 19.4 Å². The summed E-state index contributed by atoms with van der Waals surface area (Å²) in [5, 5.41) is 10.0. The van der Waals surface area contributed by atoms with Gasteiger partial charge in [-0.1, -0.05) is 0 Å². The second-order valence-electron chi connectivity index (χ2n) is 6.69. The molecule has 0 spiro atoms. The lowest BCUT2D eigenvalue weighted by Crippen LogP contribution is -2.54. The van der Waals surface area contributed by atoms with Crippen LogP contribution in [0.3, 0.4) is 0 Å². The molecule has 2 amide bonds. The van der Waals surface area contributed by atoms with Crippen LogP contribution in [-0.4, -0.2) is 76.7 Å². The Bertz CT molecular complexity index is 577. The zero-order valence-corrected chi connectivity index (χ0v) is 15.7. The molecule has 1 aliphatic rings. The van der Waals surface area contributed by atoms with E-state index in [0.717, 1.165) is 32.0 Å². The molecule has 8 nitrogen and oxygen atoms in total. The van der Waals surface area contributed by atoms with E-state index in [2.05, 4.69) is 25.5 Å². The molecule has 0 radical (unpaired) electrons. The summed E-state index contributed by atoms with van der Waals surface area (Å²) in [7, 11) is 0. The average molecular weight is 350 g/mol. The van der Waals surface area contributed by atoms with Crippen LogP contribution in [0.2, 0.25) is 0 Å². The van der Waals surface area contributed by atoms with Crippen molar-refractivity contribution < 1.29 is 9.59 Å². The fourth-order valence-corrected chi connectivity index (χ4v) is 2.99. The molecule has 8 heteroatoms. The third-order valence-corrected chi connectivity index (χ3v) is 4.49. The van der Waals surface area contributed by atoms with E-state index in [4.69, 9.17) is 0 Å². The first-order valence-corrected chi connectivity index (χ1v) is 8.99. The Morgan fingerprint density at radius 1 is 1.20 bits per heavy atom. The van der Waals surface area contributed by atoms with Gasteiger partial charge in [-0.25, -0.2) is 4.68 Å². The summed E-state index contributed by atoms with van der Waals surface area (Å²) in [5.74, 6) is 0.755. The van der Waals surface area contributed by atoms with Crippen LogP contribution in [0.25, 0.3) is 0 Å². The molecule has 1 saturated heterocycles. The Morgan fingerprint density at radius 2 is 1.88 bits per heavy atom. The molecule has 0 bridgehead atoms. The minimum atomic E-state index is -0.220. The number of rotatable bonds is 7. The number of carbonyl (C=O) groups is 2. The predicted octanol–water partition coefficient (Wildman–Crippen LogP) is 0.545. The number of nitrogens with zero attached hydrogens (tertiary/aromatic N) is 4. The topological polar surface area (TPSA) is 82.5 Å². The monoisotopic (exact) mass is 350 g/mol. The van der Waals surface area contributed by atoms with Gasteiger partial charge in [0.05, 0.1) is 18.8 Å². The fraction of sp³-hybridized carbons (Fsp3) is 0.706. The number of anilines is 1. The van der Waals surface area contributed by atoms with Crippen molar-refractivity contribution in [1.29, 1.82) is 0 Å². The summed E-state index contributed by atoms with van der Waals surface area (Å²) in [4.78, 5) is 28.5. The normalized spacial score (nSPS) is 17.5. The van der Waals surface area contributed by atoms with Crippen molar-refractivity contribution in [2.75, 3.05) is 44.6 Å². The largest absolute Gasteiger partial charge is 0.355 e. The maximum Gasteiger partial charge on any atom is 0.242 e. The van der Waals surface area contributed by atoms with E-state index in [-0.39, 0.29) is 23.9 Å². The Morgan fingerprint density at radius 3 is 2.48 bits per heavy atom. The van der Waals surface area contributed by atoms with Gasteiger partial charge >= 0.3 is 0 Å². The summed E-state index contributed by atoms with van der Waals surface area (Å²) in [6, 6.07) is 1.79. The number of hydrogen-bond acceptors (Lipinski definition) is 5. The van der Waals surface area contributed by atoms with E-state index in [0.29, 0.717) is 13.1 Å². The molecule has 1 unspecified atom stereocenters. The number of piperazine rings is 1. The van der Waals surface area contributed by atoms with Gasteiger partial charge < -0.3 is 10.6 Å². The van der Waals surface area contributed by atoms with Gasteiger partial charge in [-0.05, 0) is 27.7 Å². The highest BCUT2D eigenvalue weighted by Crippen LogP contribution is 2.14. The molecule has 2 rings (SSSR count). The molecular weight excluding hydrogens is 320 g/mol. The third-order valence-electron chi connectivity index (χ3n) is 4.49. The second kappa shape index (κ2) is 8.96. The van der Waals surface area contributed by atoms with Crippen molar-refractivity contribution in [2.45, 2.75) is 39.8 Å². The van der Waals surface area contributed by atoms with Crippen LogP contribution < -0.4 is 10.6 Å². The lowest BCUT2D eigenvalue weighted by Gasteiger charge is -2.37. The Kier molecular flexibility index (Phi) is 6.95. The molecule has 1 fully saturated rings. The molecule has 1 aromatic rings. The third kappa shape index (κ3) is 5.27. The van der Waals surface area contributed by atoms with E-state index in [1.807, 2.05) is 33.8 Å². The van der Waals surface area contributed by atoms with Gasteiger partial charge in [0.2, 0.25) is 11.8 Å². The lowest BCUT2D eigenvalue weighted by atomic mass is 10.2. The highest BCUT2D eigenvalue weighted by molar-refractivity contribution is 5.93. The molecule has 1 aromatic heterocycles. The lowest BCUT2D eigenvalue weighted by molar-refractivity contribution is -0.124. The number of nitrogens with one attached hydrogen (secondary N) is 2. The first kappa shape index (κ1) is 19.4. The van der Waals surface area contributed by atoms with Crippen LogP contribution in [0, 0.1) is 0 Å². The summed E-state index contributed by atoms with van der Waals surface area (Å²) in [6.07, 6.45) is 1.69. The van der Waals surface area contributed by atoms with Crippen molar-refractivity contribution in [3.8, 4) is 0 Å². The first-order chi connectivity index (χ1) is 11.9. The molecule has 1 atom stereocenters. The zero-order chi connectivity index (χ0) is 18.4. The molecule has 0 saturated carbocycles. The smallest absolute Gasteiger partial charge is 0.242 e. The minimum Gasteiger partial charge on any atom is -0.355 e. The van der Waals surface area contributed by atoms with E-state index >= 15 is 0 Å². The van der Waals surface area contributed by atoms with Crippen molar-refractivity contribution in [1.82, 2.24) is 24.9 Å². The Balaban J connectivity index is 1.83. The molecule has 140 valence electrons. The average Bonchev–Trinajstić information content (AvgIpc) is 3.03. The fourth-order valence-electron chi connectivity index (χ4n) is 2.99. The molecule has 0 aromatic carbocycles. The van der Waals surface area contributed by atoms with Crippen molar-refractivity contribution in [3.63, 3.8) is 0 Å². The summed E-state index contributed by atoms with van der Waals surface area (Å²) >= 11 is 0. The van der Waals surface area contributed by atoms with Crippen LogP contribution >= 0.6 is 0 Å². The number of hydrogen-bond donors (Lipinski definition) is 2. The second-order valence-corrected chi connectivity index (χ2v) is 6.69. The standard InChI is InChI=1S/C17H30N6O2/c1-5-18-16(24)12-21-8-10-22(11-9-21)14(4)17(25)20-15-6-7-19-23(15)13(2)3/h6-7,13-14H,5,8-12H2,1-4H3,(H,18,24)(H,20,25). The van der Waals surface area contributed by atoms with Gasteiger partial charge in [0, 0.05) is 44.8 Å². The number of carbonyl (C=O) groups excluding carboxylic acids is 2. The van der Waals surface area contributed by atoms with E-state index < -0.39 is 0 Å². The van der Waals surface area contributed by atoms with Crippen molar-refractivity contribution >= 4 is 17.6 Å². The number of amides is 2. The molecular formula is C17H30N6O2. The van der Waals surface area contributed by atoms with Gasteiger partial charge in [-0.15, -0.1) is 0 Å². The van der Waals surface area contributed by atoms with E-state index in [1.165, 1.54) is 0 Å². The van der Waals surface area contributed by atoms with Crippen LogP contribution in [0.15, 0.2) is 12.3 Å². The van der Waals surface area contributed by atoms with Gasteiger partial charge in [-0.2, -0.15) is 5.10 Å². The van der Waals surface area contributed by atoms with E-state index in [9.17, 15) is 9.59 Å². The Labute approximate surface area is 149 Å². The number of aromatic nitrogens is 2. The molecule has 0 aliphatic carbocycles. The quantitative estimate of drug-likeness (QED) is 0.750. The summed E-state index contributed by atoms with van der Waals surface area (Å²) < 4.78 is 1.80. The highest BCUT2D eigenvalue weighted by atomic mass is 16.2. The first-order valence-electron chi connectivity index (χ1n) is 8.99. The van der Waals surface area contributed by atoms with Crippen LogP contribution in [0.1, 0.15) is 33.7 Å². The van der Waals surface area contributed by atoms with Gasteiger partial charge in [0.1, 0.15) is 5.82 Å². The van der Waals surface area contributed by atoms with E-state index in [1.54, 1.807) is 10.9 Å². The van der Waals surface area contributed by atoms with Crippen LogP contribution in [-0.2, 0) is 9.59 Å². The maximum atomic E-state index is 12.6. The maximum absolute atomic E-state index is 12.6. The predicted molar refractivity (Wildman–Crippen MR) is 97.4 cm³/mol. The Hall–Kier alpha value is -1.93. The van der Waals surface area contributed by atoms with Crippen molar-refractivity contribution in [2.24, 2.45) is 0 Å². The SMILES string of the molecule is CCNC(=O)CN1CCN(C(C)C(=O)Nc2ccnn2C(C)C)CC1. The summed E-state index contributed by atoms with van der Waals surface area (Å²) in [5.41, 5.74) is 0. The minimum absolute atomic E-state index is 0.0282. The molecule has 2 N–H and O–H groups in total. The molecule has 1 aliphatic heterocycles. The molecule has 25 heavy (non-hydrogen) atoms. The zero-order valence-electron chi connectivity index (χ0n) is 15.7. The highest BCUT2D eigenvalue weighted by Gasteiger charge is 2.26. The number of likely N-dealkylation sites (N-methyl/N-ethyl adjacent to an activating group) is 1.